The Hall–Kier alpha value is -2.50. The zero-order chi connectivity index (χ0) is 25.2. The van der Waals surface area contributed by atoms with Crippen LogP contribution in [-0.4, -0.2) is 49.4 Å². The second-order valence-corrected chi connectivity index (χ2v) is 10.4. The number of benzene rings is 2. The molecule has 2 aromatic carbocycles. The van der Waals surface area contributed by atoms with Gasteiger partial charge in [0.2, 0.25) is 0 Å². The van der Waals surface area contributed by atoms with Gasteiger partial charge in [-0.15, -0.1) is 0 Å². The minimum absolute atomic E-state index is 0.185. The summed E-state index contributed by atoms with van der Waals surface area (Å²) >= 11 is 0. The third-order valence-electron chi connectivity index (χ3n) is 6.92. The number of carbonyl (C=O) groups excluding carboxylic acids is 1. The predicted molar refractivity (Wildman–Crippen MR) is 144 cm³/mol. The van der Waals surface area contributed by atoms with Crippen LogP contribution in [0.2, 0.25) is 0 Å². The van der Waals surface area contributed by atoms with Crippen molar-refractivity contribution in [1.82, 2.24) is 4.90 Å². The molecular weight excluding hydrogens is 437 g/mol. The number of hydrogen-bond acceptors (Lipinski definition) is 4. The molecule has 0 bridgehead atoms. The maximum Gasteiger partial charge on any atom is 0.136 e. The van der Waals surface area contributed by atoms with E-state index in [1.54, 1.807) is 0 Å². The number of nitrogens with two attached hydrogens (primary N) is 1. The maximum absolute atomic E-state index is 13.2. The van der Waals surface area contributed by atoms with Crippen LogP contribution in [0, 0.1) is 11.7 Å². The van der Waals surface area contributed by atoms with Gasteiger partial charge < -0.3 is 20.3 Å². The van der Waals surface area contributed by atoms with Gasteiger partial charge in [0.25, 0.3) is 0 Å². The minimum Gasteiger partial charge on any atom is -0.364 e. The number of hydrogen-bond donors (Lipinski definition) is 1. The van der Waals surface area contributed by atoms with Crippen LogP contribution < -0.4 is 10.6 Å². The Kier molecular flexibility index (Phi) is 10.5. The normalized spacial score (nSPS) is 18.0. The second-order valence-electron chi connectivity index (χ2n) is 10.4. The standard InChI is InChI=1S/C30H42FN3O/c1-23(2)16-18-34(30-5-4-17-33(21-30)20-24(3)19-28(32)22-35)29-14-10-26(11-15-29)7-6-25-8-12-27(31)13-9-25/h8-16,22,24,28,30H,4-7,17-21,32H2,1-3H3. The Morgan fingerprint density at radius 3 is 2.34 bits per heavy atom. The number of halogens is 1. The average Bonchev–Trinajstić information content (AvgIpc) is 2.84. The number of rotatable bonds is 12. The largest absolute Gasteiger partial charge is 0.364 e. The van der Waals surface area contributed by atoms with E-state index in [-0.39, 0.29) is 11.9 Å². The summed E-state index contributed by atoms with van der Waals surface area (Å²) in [4.78, 5) is 16.0. The van der Waals surface area contributed by atoms with Crippen molar-refractivity contribution in [2.75, 3.05) is 31.1 Å². The highest BCUT2D eigenvalue weighted by molar-refractivity contribution is 5.56. The monoisotopic (exact) mass is 479 g/mol. The van der Waals surface area contributed by atoms with Crippen LogP contribution in [0.25, 0.3) is 0 Å². The molecule has 1 heterocycles. The van der Waals surface area contributed by atoms with Crippen molar-refractivity contribution in [3.63, 3.8) is 0 Å². The Balaban J connectivity index is 1.65. The summed E-state index contributed by atoms with van der Waals surface area (Å²) in [6.07, 6.45) is 8.13. The Morgan fingerprint density at radius 2 is 1.74 bits per heavy atom. The van der Waals surface area contributed by atoms with E-state index in [0.717, 1.165) is 57.3 Å². The quantitative estimate of drug-likeness (QED) is 0.327. The molecule has 190 valence electrons. The highest BCUT2D eigenvalue weighted by Gasteiger charge is 2.26. The lowest BCUT2D eigenvalue weighted by Crippen LogP contribution is -2.49. The molecule has 0 saturated carbocycles. The lowest BCUT2D eigenvalue weighted by Gasteiger charge is -2.41. The molecule has 0 aromatic heterocycles. The predicted octanol–water partition coefficient (Wildman–Crippen LogP) is 5.40. The molecule has 35 heavy (non-hydrogen) atoms. The van der Waals surface area contributed by atoms with Gasteiger partial charge >= 0.3 is 0 Å². The first kappa shape index (κ1) is 27.1. The zero-order valence-corrected chi connectivity index (χ0v) is 21.6. The van der Waals surface area contributed by atoms with Crippen molar-refractivity contribution < 1.29 is 9.18 Å². The van der Waals surface area contributed by atoms with Gasteiger partial charge in [-0.3, -0.25) is 0 Å². The molecule has 0 aliphatic carbocycles. The van der Waals surface area contributed by atoms with Crippen molar-refractivity contribution in [1.29, 1.82) is 0 Å². The summed E-state index contributed by atoms with van der Waals surface area (Å²) in [5.41, 5.74) is 10.9. The number of nitrogens with zero attached hydrogens (tertiary/aromatic N) is 2. The molecule has 0 radical (unpaired) electrons. The summed E-state index contributed by atoms with van der Waals surface area (Å²) < 4.78 is 13.2. The van der Waals surface area contributed by atoms with Crippen LogP contribution in [0.1, 0.15) is 51.2 Å². The smallest absolute Gasteiger partial charge is 0.136 e. The third kappa shape index (κ3) is 8.90. The molecule has 1 aliphatic rings. The van der Waals surface area contributed by atoms with Crippen LogP contribution in [0.3, 0.4) is 0 Å². The lowest BCUT2D eigenvalue weighted by molar-refractivity contribution is -0.109. The fourth-order valence-electron chi connectivity index (χ4n) is 5.03. The average molecular weight is 480 g/mol. The van der Waals surface area contributed by atoms with Crippen molar-refractivity contribution >= 4 is 12.0 Å². The number of allylic oxidation sites excluding steroid dienone is 1. The Labute approximate surface area is 211 Å². The molecular formula is C30H42FN3O. The number of likely N-dealkylation sites (tertiary alicyclic amines) is 1. The van der Waals surface area contributed by atoms with Crippen molar-refractivity contribution in [3.8, 4) is 0 Å². The molecule has 3 unspecified atom stereocenters. The highest BCUT2D eigenvalue weighted by atomic mass is 19.1. The van der Waals surface area contributed by atoms with Crippen molar-refractivity contribution in [2.45, 2.75) is 65.0 Å². The van der Waals surface area contributed by atoms with Gasteiger partial charge in [0.1, 0.15) is 12.1 Å². The van der Waals surface area contributed by atoms with E-state index in [2.05, 4.69) is 60.9 Å². The molecule has 2 N–H and O–H groups in total. The van der Waals surface area contributed by atoms with Gasteiger partial charge in [-0.05, 0) is 93.8 Å². The first-order chi connectivity index (χ1) is 16.8. The van der Waals surface area contributed by atoms with Crippen LogP contribution in [0.5, 0.6) is 0 Å². The van der Waals surface area contributed by atoms with E-state index >= 15 is 0 Å². The first-order valence-corrected chi connectivity index (χ1v) is 13.0. The molecule has 3 rings (SSSR count). The van der Waals surface area contributed by atoms with Crippen molar-refractivity contribution in [2.24, 2.45) is 11.7 Å². The number of aryl methyl sites for hydroxylation is 2. The molecule has 1 saturated heterocycles. The highest BCUT2D eigenvalue weighted by Crippen LogP contribution is 2.25. The molecule has 0 spiro atoms. The first-order valence-electron chi connectivity index (χ1n) is 13.0. The van der Waals surface area contributed by atoms with Gasteiger partial charge in [0.05, 0.1) is 6.04 Å². The molecule has 0 amide bonds. The molecule has 1 aliphatic heterocycles. The Morgan fingerprint density at radius 1 is 1.11 bits per heavy atom. The van der Waals surface area contributed by atoms with Crippen LogP contribution in [-0.2, 0) is 17.6 Å². The topological polar surface area (TPSA) is 49.6 Å². The summed E-state index contributed by atoms with van der Waals surface area (Å²) in [6.45, 7) is 10.5. The van der Waals surface area contributed by atoms with Gasteiger partial charge in [0.15, 0.2) is 0 Å². The van der Waals surface area contributed by atoms with E-state index in [4.69, 9.17) is 5.73 Å². The third-order valence-corrected chi connectivity index (χ3v) is 6.92. The summed E-state index contributed by atoms with van der Waals surface area (Å²) in [7, 11) is 0. The van der Waals surface area contributed by atoms with Gasteiger partial charge in [-0.2, -0.15) is 0 Å². The van der Waals surface area contributed by atoms with Gasteiger partial charge in [-0.25, -0.2) is 4.39 Å². The number of anilines is 1. The van der Waals surface area contributed by atoms with Crippen LogP contribution in [0.4, 0.5) is 10.1 Å². The number of aldehydes is 1. The Bertz CT molecular complexity index is 937. The number of carbonyl (C=O) groups is 1. The van der Waals surface area contributed by atoms with Gasteiger partial charge in [0, 0.05) is 31.4 Å². The van der Waals surface area contributed by atoms with Crippen molar-refractivity contribution in [3.05, 3.63) is 77.1 Å². The zero-order valence-electron chi connectivity index (χ0n) is 21.6. The van der Waals surface area contributed by atoms with E-state index < -0.39 is 0 Å². The fraction of sp³-hybridized carbons (Fsp3) is 0.500. The minimum atomic E-state index is -0.360. The lowest BCUT2D eigenvalue weighted by atomic mass is 9.98. The molecule has 5 heteroatoms. The fourth-order valence-corrected chi connectivity index (χ4v) is 5.03. The summed E-state index contributed by atoms with van der Waals surface area (Å²) in [5.74, 6) is 0.218. The SMILES string of the molecule is CC(C)=CCN(c1ccc(CCc2ccc(F)cc2)cc1)C1CCCN(CC(C)CC(N)C=O)C1. The molecule has 2 aromatic rings. The summed E-state index contributed by atoms with van der Waals surface area (Å²) in [5, 5.41) is 0. The van der Waals surface area contributed by atoms with E-state index in [0.29, 0.717) is 12.0 Å². The summed E-state index contributed by atoms with van der Waals surface area (Å²) in [6, 6.07) is 15.9. The van der Waals surface area contributed by atoms with E-state index in [9.17, 15) is 9.18 Å². The molecule has 1 fully saturated rings. The van der Waals surface area contributed by atoms with Gasteiger partial charge in [-0.1, -0.05) is 42.8 Å². The van der Waals surface area contributed by atoms with Crippen LogP contribution in [0.15, 0.2) is 60.2 Å². The maximum atomic E-state index is 13.2. The second kappa shape index (κ2) is 13.6. The molecule has 4 nitrogen and oxygen atoms in total. The molecule has 3 atom stereocenters. The number of piperidine rings is 1. The van der Waals surface area contributed by atoms with E-state index in [1.165, 1.54) is 41.8 Å². The van der Waals surface area contributed by atoms with E-state index in [1.807, 2.05) is 12.1 Å². The van der Waals surface area contributed by atoms with Crippen LogP contribution >= 0.6 is 0 Å².